The first-order valence-electron chi connectivity index (χ1n) is 7.20. The molecule has 102 valence electrons. The van der Waals surface area contributed by atoms with Crippen LogP contribution in [0.15, 0.2) is 18.2 Å². The van der Waals surface area contributed by atoms with Gasteiger partial charge >= 0.3 is 0 Å². The minimum Gasteiger partial charge on any atom is -0.313 e. The number of benzene rings is 1. The summed E-state index contributed by atoms with van der Waals surface area (Å²) in [5.74, 6) is 0. The summed E-state index contributed by atoms with van der Waals surface area (Å²) < 4.78 is 0. The molecule has 0 aliphatic heterocycles. The van der Waals surface area contributed by atoms with Gasteiger partial charge in [-0.1, -0.05) is 25.0 Å². The summed E-state index contributed by atoms with van der Waals surface area (Å²) >= 11 is 0. The molecule has 0 aliphatic rings. The van der Waals surface area contributed by atoms with E-state index in [0.29, 0.717) is 0 Å². The van der Waals surface area contributed by atoms with E-state index in [1.54, 1.807) is 0 Å². The Morgan fingerprint density at radius 2 is 1.89 bits per heavy atom. The SMILES string of the molecule is CCCCNCc1cc(C)nc2c(C)cc(C)cc12. The molecule has 0 amide bonds. The number of hydrogen-bond donors (Lipinski definition) is 1. The van der Waals surface area contributed by atoms with E-state index in [1.165, 1.54) is 34.9 Å². The average Bonchev–Trinajstić information content (AvgIpc) is 2.36. The van der Waals surface area contributed by atoms with Gasteiger partial charge in [0.25, 0.3) is 0 Å². The normalized spacial score (nSPS) is 11.2. The highest BCUT2D eigenvalue weighted by atomic mass is 14.8. The number of fused-ring (bicyclic) bond motifs is 1. The monoisotopic (exact) mass is 256 g/mol. The van der Waals surface area contributed by atoms with Gasteiger partial charge in [0.05, 0.1) is 5.52 Å². The molecule has 2 rings (SSSR count). The van der Waals surface area contributed by atoms with Gasteiger partial charge in [-0.25, -0.2) is 0 Å². The van der Waals surface area contributed by atoms with Crippen LogP contribution in [0.25, 0.3) is 10.9 Å². The van der Waals surface area contributed by atoms with Gasteiger partial charge in [0.2, 0.25) is 0 Å². The number of unbranched alkanes of at least 4 members (excludes halogenated alkanes) is 1. The summed E-state index contributed by atoms with van der Waals surface area (Å²) in [7, 11) is 0. The minimum absolute atomic E-state index is 0.933. The van der Waals surface area contributed by atoms with E-state index in [0.717, 1.165) is 24.3 Å². The molecular formula is C17H24N2. The molecule has 0 saturated carbocycles. The molecule has 2 nitrogen and oxygen atoms in total. The van der Waals surface area contributed by atoms with E-state index in [9.17, 15) is 0 Å². The number of aryl methyl sites for hydroxylation is 3. The Hall–Kier alpha value is -1.41. The van der Waals surface area contributed by atoms with E-state index in [4.69, 9.17) is 4.98 Å². The summed E-state index contributed by atoms with van der Waals surface area (Å²) in [6.07, 6.45) is 2.47. The molecular weight excluding hydrogens is 232 g/mol. The summed E-state index contributed by atoms with van der Waals surface area (Å²) in [5.41, 5.74) is 6.20. The number of rotatable bonds is 5. The third kappa shape index (κ3) is 3.32. The molecule has 0 unspecified atom stereocenters. The zero-order valence-electron chi connectivity index (χ0n) is 12.5. The second-order valence-electron chi connectivity index (χ2n) is 5.43. The van der Waals surface area contributed by atoms with E-state index in [1.807, 2.05) is 0 Å². The number of pyridine rings is 1. The zero-order valence-corrected chi connectivity index (χ0v) is 12.5. The van der Waals surface area contributed by atoms with Crippen LogP contribution in [0.5, 0.6) is 0 Å². The second kappa shape index (κ2) is 6.16. The number of hydrogen-bond acceptors (Lipinski definition) is 2. The van der Waals surface area contributed by atoms with Crippen LogP contribution in [0.3, 0.4) is 0 Å². The molecule has 1 N–H and O–H groups in total. The Morgan fingerprint density at radius 1 is 1.11 bits per heavy atom. The number of nitrogens with one attached hydrogen (secondary N) is 1. The second-order valence-corrected chi connectivity index (χ2v) is 5.43. The van der Waals surface area contributed by atoms with Crippen LogP contribution in [-0.4, -0.2) is 11.5 Å². The van der Waals surface area contributed by atoms with Crippen molar-refractivity contribution in [2.75, 3.05) is 6.54 Å². The van der Waals surface area contributed by atoms with Gasteiger partial charge in [-0.2, -0.15) is 0 Å². The fourth-order valence-electron chi connectivity index (χ4n) is 2.56. The standard InChI is InChI=1S/C17H24N2/c1-5-6-7-18-11-15-10-14(4)19-17-13(3)8-12(2)9-16(15)17/h8-10,18H,5-7,11H2,1-4H3. The predicted molar refractivity (Wildman–Crippen MR) is 82.6 cm³/mol. The van der Waals surface area contributed by atoms with Crippen molar-refractivity contribution in [2.24, 2.45) is 0 Å². The highest BCUT2D eigenvalue weighted by Crippen LogP contribution is 2.23. The maximum atomic E-state index is 4.69. The highest BCUT2D eigenvalue weighted by Gasteiger charge is 2.07. The highest BCUT2D eigenvalue weighted by molar-refractivity contribution is 5.85. The first kappa shape index (κ1) is 14.0. The van der Waals surface area contributed by atoms with Crippen molar-refractivity contribution >= 4 is 10.9 Å². The number of nitrogens with zero attached hydrogens (tertiary/aromatic N) is 1. The summed E-state index contributed by atoms with van der Waals surface area (Å²) in [4.78, 5) is 4.69. The van der Waals surface area contributed by atoms with Crippen molar-refractivity contribution in [3.8, 4) is 0 Å². The van der Waals surface area contributed by atoms with Gasteiger partial charge in [0, 0.05) is 17.6 Å². The lowest BCUT2D eigenvalue weighted by molar-refractivity contribution is 0.643. The average molecular weight is 256 g/mol. The van der Waals surface area contributed by atoms with Gasteiger partial charge in [-0.15, -0.1) is 0 Å². The van der Waals surface area contributed by atoms with Crippen LogP contribution >= 0.6 is 0 Å². The van der Waals surface area contributed by atoms with Gasteiger partial charge in [-0.3, -0.25) is 4.98 Å². The fourth-order valence-corrected chi connectivity index (χ4v) is 2.56. The molecule has 2 heteroatoms. The lowest BCUT2D eigenvalue weighted by Crippen LogP contribution is -2.15. The van der Waals surface area contributed by atoms with Crippen LogP contribution in [-0.2, 0) is 6.54 Å². The van der Waals surface area contributed by atoms with E-state index >= 15 is 0 Å². The molecule has 1 heterocycles. The van der Waals surface area contributed by atoms with Crippen LogP contribution in [0.4, 0.5) is 0 Å². The molecule has 1 aromatic heterocycles. The van der Waals surface area contributed by atoms with E-state index in [2.05, 4.69) is 51.2 Å². The zero-order chi connectivity index (χ0) is 13.8. The number of aromatic nitrogens is 1. The quantitative estimate of drug-likeness (QED) is 0.816. The van der Waals surface area contributed by atoms with Gasteiger partial charge in [-0.05, 0) is 57.0 Å². The topological polar surface area (TPSA) is 24.9 Å². The predicted octanol–water partition coefficient (Wildman–Crippen LogP) is 4.05. The first-order chi connectivity index (χ1) is 9.11. The Bertz CT molecular complexity index is 573. The van der Waals surface area contributed by atoms with Crippen molar-refractivity contribution in [2.45, 2.75) is 47.1 Å². The van der Waals surface area contributed by atoms with Crippen molar-refractivity contribution in [3.05, 3.63) is 40.6 Å². The molecule has 0 atom stereocenters. The first-order valence-corrected chi connectivity index (χ1v) is 7.20. The van der Waals surface area contributed by atoms with Crippen LogP contribution in [0.1, 0.15) is 42.1 Å². The van der Waals surface area contributed by atoms with E-state index < -0.39 is 0 Å². The van der Waals surface area contributed by atoms with E-state index in [-0.39, 0.29) is 0 Å². The third-order valence-corrected chi connectivity index (χ3v) is 3.48. The van der Waals surface area contributed by atoms with Crippen molar-refractivity contribution in [1.29, 1.82) is 0 Å². The Balaban J connectivity index is 2.36. The van der Waals surface area contributed by atoms with Crippen LogP contribution in [0.2, 0.25) is 0 Å². The Morgan fingerprint density at radius 3 is 2.63 bits per heavy atom. The summed E-state index contributed by atoms with van der Waals surface area (Å²) in [6, 6.07) is 6.68. The van der Waals surface area contributed by atoms with Crippen LogP contribution < -0.4 is 5.32 Å². The fraction of sp³-hybridized carbons (Fsp3) is 0.471. The maximum absolute atomic E-state index is 4.69. The lowest BCUT2D eigenvalue weighted by Gasteiger charge is -2.11. The Kier molecular flexibility index (Phi) is 4.54. The lowest BCUT2D eigenvalue weighted by atomic mass is 10.0. The molecule has 0 fully saturated rings. The van der Waals surface area contributed by atoms with Gasteiger partial charge in [0.1, 0.15) is 0 Å². The van der Waals surface area contributed by atoms with Crippen LogP contribution in [0, 0.1) is 20.8 Å². The molecule has 0 radical (unpaired) electrons. The molecule has 1 aromatic carbocycles. The molecule has 2 aromatic rings. The molecule has 0 spiro atoms. The molecule has 0 aliphatic carbocycles. The summed E-state index contributed by atoms with van der Waals surface area (Å²) in [5, 5.41) is 4.83. The molecule has 19 heavy (non-hydrogen) atoms. The van der Waals surface area contributed by atoms with Crippen molar-refractivity contribution in [1.82, 2.24) is 10.3 Å². The molecule has 0 bridgehead atoms. The van der Waals surface area contributed by atoms with Gasteiger partial charge < -0.3 is 5.32 Å². The van der Waals surface area contributed by atoms with Crippen molar-refractivity contribution in [3.63, 3.8) is 0 Å². The Labute approximate surface area is 116 Å². The third-order valence-electron chi connectivity index (χ3n) is 3.48. The minimum atomic E-state index is 0.933. The van der Waals surface area contributed by atoms with Gasteiger partial charge in [0.15, 0.2) is 0 Å². The summed E-state index contributed by atoms with van der Waals surface area (Å²) in [6.45, 7) is 10.6. The maximum Gasteiger partial charge on any atom is 0.0737 e. The smallest absolute Gasteiger partial charge is 0.0737 e. The van der Waals surface area contributed by atoms with Crippen molar-refractivity contribution < 1.29 is 0 Å². The largest absolute Gasteiger partial charge is 0.313 e. The molecule has 0 saturated heterocycles.